The van der Waals surface area contributed by atoms with Crippen molar-refractivity contribution in [1.29, 1.82) is 0 Å². The van der Waals surface area contributed by atoms with E-state index in [2.05, 4.69) is 0 Å². The van der Waals surface area contributed by atoms with E-state index < -0.39 is 5.97 Å². The Morgan fingerprint density at radius 2 is 1.58 bits per heavy atom. The summed E-state index contributed by atoms with van der Waals surface area (Å²) in [6.45, 7) is -0.589. The van der Waals surface area contributed by atoms with Gasteiger partial charge in [-0.25, -0.2) is 4.79 Å². The highest BCUT2D eigenvalue weighted by atomic mass is 16.6. The third-order valence-electron chi connectivity index (χ3n) is 3.87. The van der Waals surface area contributed by atoms with Crippen LogP contribution in [-0.4, -0.2) is 32.1 Å². The molecule has 0 aliphatic rings. The largest absolute Gasteiger partial charge is 0.497 e. The van der Waals surface area contributed by atoms with Crippen LogP contribution >= 0.6 is 0 Å². The lowest BCUT2D eigenvalue weighted by Gasteiger charge is -2.09. The Morgan fingerprint density at radius 1 is 0.846 bits per heavy atom. The van der Waals surface area contributed by atoms with Gasteiger partial charge in [0.25, 0.3) is 0 Å². The fraction of sp³-hybridized carbons (Fsp3) is 0.143. The Labute approximate surface area is 151 Å². The molecule has 0 N–H and O–H groups in total. The Kier molecular flexibility index (Phi) is 5.49. The maximum absolute atomic E-state index is 12.0. The zero-order valence-electron chi connectivity index (χ0n) is 14.3. The van der Waals surface area contributed by atoms with E-state index in [0.29, 0.717) is 17.1 Å². The molecule has 26 heavy (non-hydrogen) atoms. The van der Waals surface area contributed by atoms with Crippen molar-refractivity contribution in [3.8, 4) is 11.5 Å². The van der Waals surface area contributed by atoms with Crippen molar-refractivity contribution in [3.05, 3.63) is 72.3 Å². The first-order valence-corrected chi connectivity index (χ1v) is 8.11. The lowest BCUT2D eigenvalue weighted by atomic mass is 10.1. The number of hydrogen-bond donors (Lipinski definition) is 0. The first-order chi connectivity index (χ1) is 12.7. The van der Waals surface area contributed by atoms with Crippen molar-refractivity contribution in [1.82, 2.24) is 0 Å². The molecule has 0 saturated carbocycles. The van der Waals surface area contributed by atoms with Gasteiger partial charge in [-0.1, -0.05) is 36.4 Å². The van der Waals surface area contributed by atoms with E-state index in [1.165, 1.54) is 0 Å². The molecule has 0 saturated heterocycles. The molecule has 0 atom stereocenters. The number of ketones is 1. The Morgan fingerprint density at radius 3 is 2.35 bits per heavy atom. The molecule has 5 nitrogen and oxygen atoms in total. The summed E-state index contributed by atoms with van der Waals surface area (Å²) in [5.74, 6) is 0.370. The number of carbonyl (C=O) groups excluding carboxylic acids is 2. The summed E-state index contributed by atoms with van der Waals surface area (Å²) < 4.78 is 15.6. The molecule has 0 bridgehead atoms. The van der Waals surface area contributed by atoms with Crippen LogP contribution in [0.4, 0.5) is 0 Å². The standard InChI is InChI=1S/C21H18O5/c1-24-17-11-9-16(10-12-17)19(22)13-26-21(23)14-25-20-8-4-6-15-5-2-3-7-18(15)20/h2-12H,13-14H2,1H3. The summed E-state index contributed by atoms with van der Waals surface area (Å²) in [5, 5.41) is 1.94. The topological polar surface area (TPSA) is 61.8 Å². The smallest absolute Gasteiger partial charge is 0.344 e. The molecule has 0 aliphatic carbocycles. The van der Waals surface area contributed by atoms with Gasteiger partial charge in [-0.05, 0) is 35.7 Å². The van der Waals surface area contributed by atoms with Crippen molar-refractivity contribution < 1.29 is 23.8 Å². The van der Waals surface area contributed by atoms with Gasteiger partial charge >= 0.3 is 5.97 Å². The highest BCUT2D eigenvalue weighted by molar-refractivity contribution is 5.98. The van der Waals surface area contributed by atoms with Gasteiger partial charge in [0.2, 0.25) is 0 Å². The normalized spacial score (nSPS) is 10.3. The number of fused-ring (bicyclic) bond motifs is 1. The Balaban J connectivity index is 1.53. The van der Waals surface area contributed by atoms with E-state index in [4.69, 9.17) is 14.2 Å². The Hall–Kier alpha value is -3.34. The van der Waals surface area contributed by atoms with E-state index in [-0.39, 0.29) is 19.0 Å². The van der Waals surface area contributed by atoms with Crippen LogP contribution in [0.2, 0.25) is 0 Å². The lowest BCUT2D eigenvalue weighted by Crippen LogP contribution is -2.19. The second-order valence-corrected chi connectivity index (χ2v) is 5.58. The van der Waals surface area contributed by atoms with Gasteiger partial charge in [-0.3, -0.25) is 4.79 Å². The van der Waals surface area contributed by atoms with Gasteiger partial charge in [-0.2, -0.15) is 0 Å². The van der Waals surface area contributed by atoms with Crippen LogP contribution in [0.1, 0.15) is 10.4 Å². The number of ether oxygens (including phenoxy) is 3. The fourth-order valence-corrected chi connectivity index (χ4v) is 2.51. The minimum absolute atomic E-state index is 0.260. The number of rotatable bonds is 7. The highest BCUT2D eigenvalue weighted by Crippen LogP contribution is 2.25. The summed E-state index contributed by atoms with van der Waals surface area (Å²) in [6.07, 6.45) is 0. The van der Waals surface area contributed by atoms with E-state index in [9.17, 15) is 9.59 Å². The number of benzene rings is 3. The van der Waals surface area contributed by atoms with Crippen LogP contribution in [0.5, 0.6) is 11.5 Å². The molecule has 0 spiro atoms. The minimum atomic E-state index is -0.597. The Bertz CT molecular complexity index is 910. The molecule has 0 aliphatic heterocycles. The summed E-state index contributed by atoms with van der Waals surface area (Å²) in [5.41, 5.74) is 0.452. The summed E-state index contributed by atoms with van der Waals surface area (Å²) in [4.78, 5) is 23.9. The van der Waals surface area contributed by atoms with Crippen molar-refractivity contribution in [2.45, 2.75) is 0 Å². The molecule has 0 amide bonds. The molecule has 0 heterocycles. The lowest BCUT2D eigenvalue weighted by molar-refractivity contribution is -0.144. The van der Waals surface area contributed by atoms with E-state index in [1.807, 2.05) is 36.4 Å². The average molecular weight is 350 g/mol. The van der Waals surface area contributed by atoms with Crippen LogP contribution < -0.4 is 9.47 Å². The van der Waals surface area contributed by atoms with Crippen molar-refractivity contribution in [2.75, 3.05) is 20.3 Å². The van der Waals surface area contributed by atoms with E-state index in [1.54, 1.807) is 37.4 Å². The molecule has 132 valence electrons. The molecular weight excluding hydrogens is 332 g/mol. The number of carbonyl (C=O) groups is 2. The SMILES string of the molecule is COc1ccc(C(=O)COC(=O)COc2cccc3ccccc23)cc1. The predicted molar refractivity (Wildman–Crippen MR) is 97.7 cm³/mol. The predicted octanol–water partition coefficient (Wildman–Crippen LogP) is 3.65. The molecule has 0 fully saturated rings. The van der Waals surface area contributed by atoms with E-state index in [0.717, 1.165) is 10.8 Å². The van der Waals surface area contributed by atoms with Crippen LogP contribution in [0.25, 0.3) is 10.8 Å². The van der Waals surface area contributed by atoms with Gasteiger partial charge < -0.3 is 14.2 Å². The maximum atomic E-state index is 12.0. The number of esters is 1. The highest BCUT2D eigenvalue weighted by Gasteiger charge is 2.11. The van der Waals surface area contributed by atoms with Crippen LogP contribution in [0, 0.1) is 0 Å². The third kappa shape index (κ3) is 4.19. The minimum Gasteiger partial charge on any atom is -0.497 e. The maximum Gasteiger partial charge on any atom is 0.344 e. The van der Waals surface area contributed by atoms with Crippen molar-refractivity contribution in [2.24, 2.45) is 0 Å². The summed E-state index contributed by atoms with van der Waals surface area (Å²) in [6, 6.07) is 20.0. The molecular formula is C21H18O5. The van der Waals surface area contributed by atoms with Gasteiger partial charge in [0.15, 0.2) is 19.0 Å². The zero-order valence-corrected chi connectivity index (χ0v) is 14.3. The zero-order chi connectivity index (χ0) is 18.4. The second-order valence-electron chi connectivity index (χ2n) is 5.58. The first kappa shape index (κ1) is 17.5. The molecule has 3 aromatic carbocycles. The summed E-state index contributed by atoms with van der Waals surface area (Å²) >= 11 is 0. The number of methoxy groups -OCH3 is 1. The van der Waals surface area contributed by atoms with E-state index >= 15 is 0 Å². The van der Waals surface area contributed by atoms with Gasteiger partial charge in [0.05, 0.1) is 7.11 Å². The van der Waals surface area contributed by atoms with Crippen LogP contribution in [0.15, 0.2) is 66.7 Å². The molecule has 0 radical (unpaired) electrons. The molecule has 3 aromatic rings. The van der Waals surface area contributed by atoms with Crippen LogP contribution in [0.3, 0.4) is 0 Å². The fourth-order valence-electron chi connectivity index (χ4n) is 2.51. The average Bonchev–Trinajstić information content (AvgIpc) is 2.70. The number of Topliss-reactive ketones (excluding diaryl/α,β-unsaturated/α-hetero) is 1. The van der Waals surface area contributed by atoms with Crippen LogP contribution in [-0.2, 0) is 9.53 Å². The molecule has 0 unspecified atom stereocenters. The molecule has 0 aromatic heterocycles. The molecule has 3 rings (SSSR count). The van der Waals surface area contributed by atoms with Gasteiger partial charge in [0, 0.05) is 10.9 Å². The monoisotopic (exact) mass is 350 g/mol. The summed E-state index contributed by atoms with van der Waals surface area (Å²) in [7, 11) is 1.55. The first-order valence-electron chi connectivity index (χ1n) is 8.11. The number of hydrogen-bond acceptors (Lipinski definition) is 5. The second kappa shape index (κ2) is 8.16. The molecule has 5 heteroatoms. The van der Waals surface area contributed by atoms with Gasteiger partial charge in [-0.15, -0.1) is 0 Å². The third-order valence-corrected chi connectivity index (χ3v) is 3.87. The quantitative estimate of drug-likeness (QED) is 0.481. The van der Waals surface area contributed by atoms with Crippen molar-refractivity contribution >= 4 is 22.5 Å². The van der Waals surface area contributed by atoms with Gasteiger partial charge in [0.1, 0.15) is 11.5 Å². The van der Waals surface area contributed by atoms with Crippen molar-refractivity contribution in [3.63, 3.8) is 0 Å².